The van der Waals surface area contributed by atoms with Gasteiger partial charge in [0.2, 0.25) is 5.12 Å². The van der Waals surface area contributed by atoms with Gasteiger partial charge < -0.3 is 4.74 Å². The molecular weight excluding hydrogens is 176 g/mol. The van der Waals surface area contributed by atoms with Gasteiger partial charge in [0.05, 0.1) is 13.0 Å². The largest absolute Gasteiger partial charge is 0.466 e. The van der Waals surface area contributed by atoms with Crippen LogP contribution >= 0.6 is 11.8 Å². The van der Waals surface area contributed by atoms with E-state index >= 15 is 0 Å². The minimum absolute atomic E-state index is 0.00283. The highest BCUT2D eigenvalue weighted by Crippen LogP contribution is 2.21. The Bertz CT molecular complexity index is 232. The summed E-state index contributed by atoms with van der Waals surface area (Å²) in [4.78, 5) is 21.9. The van der Waals surface area contributed by atoms with Crippen molar-refractivity contribution in [2.45, 2.75) is 13.3 Å². The third kappa shape index (κ3) is 2.37. The van der Waals surface area contributed by atoms with Crippen LogP contribution in [0.1, 0.15) is 13.3 Å². The summed E-state index contributed by atoms with van der Waals surface area (Å²) in [7, 11) is 0. The second-order valence-electron chi connectivity index (χ2n) is 2.31. The second-order valence-corrected chi connectivity index (χ2v) is 3.30. The van der Waals surface area contributed by atoms with Crippen LogP contribution in [0.4, 0.5) is 0 Å². The van der Waals surface area contributed by atoms with E-state index in [0.717, 1.165) is 0 Å². The molecule has 0 bridgehead atoms. The number of hydrogen-bond donors (Lipinski definition) is 0. The summed E-state index contributed by atoms with van der Waals surface area (Å²) in [5.74, 6) is 0.368. The number of thioether (sulfide) groups is 1. The Morgan fingerprint density at radius 2 is 2.50 bits per heavy atom. The standard InChI is InChI=1S/C8H10O3S/c1-2-11-7(9)5-6-3-4-12-8(6)10/h3H,2,4-5H2,1H3. The van der Waals surface area contributed by atoms with E-state index in [1.807, 2.05) is 0 Å². The van der Waals surface area contributed by atoms with Crippen LogP contribution in [-0.2, 0) is 14.3 Å². The highest BCUT2D eigenvalue weighted by molar-refractivity contribution is 8.14. The van der Waals surface area contributed by atoms with Crippen molar-refractivity contribution in [3.63, 3.8) is 0 Å². The second kappa shape index (κ2) is 4.30. The minimum Gasteiger partial charge on any atom is -0.466 e. The number of rotatable bonds is 3. The molecule has 0 saturated carbocycles. The van der Waals surface area contributed by atoms with E-state index in [1.54, 1.807) is 13.0 Å². The summed E-state index contributed by atoms with van der Waals surface area (Å²) >= 11 is 1.23. The van der Waals surface area contributed by atoms with E-state index in [4.69, 9.17) is 4.74 Å². The first-order valence-electron chi connectivity index (χ1n) is 3.75. The first-order chi connectivity index (χ1) is 5.74. The molecule has 0 atom stereocenters. The Labute approximate surface area is 75.2 Å². The van der Waals surface area contributed by atoms with Crippen molar-refractivity contribution in [2.24, 2.45) is 0 Å². The summed E-state index contributed by atoms with van der Waals surface area (Å²) in [5.41, 5.74) is 0.582. The van der Waals surface area contributed by atoms with Crippen molar-refractivity contribution < 1.29 is 14.3 Å². The zero-order valence-electron chi connectivity index (χ0n) is 6.83. The van der Waals surface area contributed by atoms with Crippen LogP contribution in [-0.4, -0.2) is 23.4 Å². The van der Waals surface area contributed by atoms with Gasteiger partial charge in [-0.05, 0) is 6.92 Å². The molecule has 66 valence electrons. The van der Waals surface area contributed by atoms with Crippen molar-refractivity contribution in [1.82, 2.24) is 0 Å². The molecule has 1 aliphatic heterocycles. The molecule has 0 N–H and O–H groups in total. The van der Waals surface area contributed by atoms with Crippen molar-refractivity contribution in [3.8, 4) is 0 Å². The van der Waals surface area contributed by atoms with Gasteiger partial charge in [0.15, 0.2) is 0 Å². The SMILES string of the molecule is CCOC(=O)CC1=CCSC1=O. The number of hydrogen-bond acceptors (Lipinski definition) is 4. The van der Waals surface area contributed by atoms with Gasteiger partial charge in [0.1, 0.15) is 0 Å². The number of ether oxygens (including phenoxy) is 1. The van der Waals surface area contributed by atoms with Crippen molar-refractivity contribution in [3.05, 3.63) is 11.6 Å². The lowest BCUT2D eigenvalue weighted by molar-refractivity contribution is -0.142. The molecule has 0 spiro atoms. The first-order valence-corrected chi connectivity index (χ1v) is 4.74. The number of carbonyl (C=O) groups is 2. The fourth-order valence-electron chi connectivity index (χ4n) is 0.906. The van der Waals surface area contributed by atoms with Crippen LogP contribution in [0.15, 0.2) is 11.6 Å². The molecule has 0 fully saturated rings. The highest BCUT2D eigenvalue weighted by atomic mass is 32.2. The fraction of sp³-hybridized carbons (Fsp3) is 0.500. The lowest BCUT2D eigenvalue weighted by Crippen LogP contribution is -2.07. The van der Waals surface area contributed by atoms with Crippen molar-refractivity contribution in [2.75, 3.05) is 12.4 Å². The van der Waals surface area contributed by atoms with E-state index in [2.05, 4.69) is 0 Å². The zero-order valence-corrected chi connectivity index (χ0v) is 7.65. The average Bonchev–Trinajstić information content (AvgIpc) is 2.37. The lowest BCUT2D eigenvalue weighted by atomic mass is 10.2. The van der Waals surface area contributed by atoms with E-state index in [0.29, 0.717) is 17.9 Å². The van der Waals surface area contributed by atoms with Crippen LogP contribution in [0.5, 0.6) is 0 Å². The normalized spacial score (nSPS) is 16.1. The van der Waals surface area contributed by atoms with Crippen molar-refractivity contribution >= 4 is 22.8 Å². The van der Waals surface area contributed by atoms with Crippen LogP contribution in [0, 0.1) is 0 Å². The maximum absolute atomic E-state index is 11.0. The molecule has 4 heteroatoms. The van der Waals surface area contributed by atoms with Gasteiger partial charge in [0, 0.05) is 11.3 Å². The molecule has 0 aromatic rings. The number of esters is 1. The van der Waals surface area contributed by atoms with Crippen LogP contribution in [0.3, 0.4) is 0 Å². The molecule has 0 aliphatic carbocycles. The minimum atomic E-state index is -0.320. The molecule has 0 aromatic carbocycles. The van der Waals surface area contributed by atoms with Crippen LogP contribution in [0.25, 0.3) is 0 Å². The lowest BCUT2D eigenvalue weighted by Gasteiger charge is -2.00. The summed E-state index contributed by atoms with van der Waals surface area (Å²) in [6.07, 6.45) is 1.91. The van der Waals surface area contributed by atoms with Gasteiger partial charge >= 0.3 is 5.97 Å². The van der Waals surface area contributed by atoms with E-state index in [1.165, 1.54) is 11.8 Å². The molecule has 3 nitrogen and oxygen atoms in total. The summed E-state index contributed by atoms with van der Waals surface area (Å²) in [6.45, 7) is 2.12. The van der Waals surface area contributed by atoms with Gasteiger partial charge in [-0.1, -0.05) is 17.8 Å². The molecule has 0 amide bonds. The molecule has 1 aliphatic rings. The van der Waals surface area contributed by atoms with Gasteiger partial charge in [-0.25, -0.2) is 0 Å². The maximum atomic E-state index is 11.0. The molecule has 0 aromatic heterocycles. The fourth-order valence-corrected chi connectivity index (χ4v) is 1.68. The van der Waals surface area contributed by atoms with Gasteiger partial charge in [0.25, 0.3) is 0 Å². The Kier molecular flexibility index (Phi) is 3.34. The van der Waals surface area contributed by atoms with Gasteiger partial charge in [-0.15, -0.1) is 0 Å². The van der Waals surface area contributed by atoms with Crippen LogP contribution < -0.4 is 0 Å². The number of carbonyl (C=O) groups excluding carboxylic acids is 2. The molecule has 0 unspecified atom stereocenters. The zero-order chi connectivity index (χ0) is 8.97. The summed E-state index contributed by atoms with van der Waals surface area (Å²) < 4.78 is 4.71. The molecular formula is C8H10O3S. The Hall–Kier alpha value is -0.770. The Morgan fingerprint density at radius 1 is 1.75 bits per heavy atom. The van der Waals surface area contributed by atoms with E-state index in [9.17, 15) is 9.59 Å². The smallest absolute Gasteiger partial charge is 0.310 e. The van der Waals surface area contributed by atoms with E-state index < -0.39 is 0 Å². The Balaban J connectivity index is 2.40. The molecule has 0 saturated heterocycles. The Morgan fingerprint density at radius 3 is 3.00 bits per heavy atom. The summed E-state index contributed by atoms with van der Waals surface area (Å²) in [6, 6.07) is 0. The highest BCUT2D eigenvalue weighted by Gasteiger charge is 2.18. The predicted molar refractivity (Wildman–Crippen MR) is 46.8 cm³/mol. The molecule has 1 rings (SSSR count). The topological polar surface area (TPSA) is 43.4 Å². The predicted octanol–water partition coefficient (Wildman–Crippen LogP) is 1.14. The third-order valence-electron chi connectivity index (χ3n) is 1.45. The van der Waals surface area contributed by atoms with E-state index in [-0.39, 0.29) is 17.5 Å². The monoisotopic (exact) mass is 186 g/mol. The maximum Gasteiger partial charge on any atom is 0.310 e. The summed E-state index contributed by atoms with van der Waals surface area (Å²) in [5, 5.41) is 0.00283. The molecule has 0 radical (unpaired) electrons. The quantitative estimate of drug-likeness (QED) is 0.620. The first kappa shape index (κ1) is 9.32. The molecule has 12 heavy (non-hydrogen) atoms. The van der Waals surface area contributed by atoms with Crippen LogP contribution in [0.2, 0.25) is 0 Å². The average molecular weight is 186 g/mol. The van der Waals surface area contributed by atoms with Crippen molar-refractivity contribution in [1.29, 1.82) is 0 Å². The molecule has 1 heterocycles. The third-order valence-corrected chi connectivity index (χ3v) is 2.30. The van der Waals surface area contributed by atoms with Gasteiger partial charge in [-0.3, -0.25) is 9.59 Å². The van der Waals surface area contributed by atoms with Gasteiger partial charge in [-0.2, -0.15) is 0 Å².